The van der Waals surface area contributed by atoms with Crippen LogP contribution in [0.25, 0.3) is 0 Å². The van der Waals surface area contributed by atoms with Crippen LogP contribution in [0, 0.1) is 5.92 Å². The van der Waals surface area contributed by atoms with Gasteiger partial charge in [0.1, 0.15) is 30.3 Å². The maximum absolute atomic E-state index is 12.4. The summed E-state index contributed by atoms with van der Waals surface area (Å²) < 4.78 is 28.9. The zero-order valence-electron chi connectivity index (χ0n) is 27.8. The highest BCUT2D eigenvalue weighted by Gasteiger charge is 2.51. The highest BCUT2D eigenvalue weighted by molar-refractivity contribution is 5.82. The zero-order chi connectivity index (χ0) is 35.7. The first-order chi connectivity index (χ1) is 23.3. The Kier molecular flexibility index (Phi) is 14.3. The molecule has 8 N–H and O–H groups in total. The van der Waals surface area contributed by atoms with E-state index in [2.05, 4.69) is 0 Å². The lowest BCUT2D eigenvalue weighted by atomic mass is 9.83. The van der Waals surface area contributed by atoms with E-state index in [-0.39, 0.29) is 25.4 Å². The number of hydrogen-bond donors (Lipinski definition) is 7. The number of carboxylic acid groups (broad SMARTS) is 1. The molecular formula is C35H51NO13. The van der Waals surface area contributed by atoms with Crippen LogP contribution in [0.1, 0.15) is 58.8 Å². The number of esters is 1. The van der Waals surface area contributed by atoms with Crippen molar-refractivity contribution in [3.63, 3.8) is 0 Å². The number of ether oxygens (including phenoxy) is 5. The summed E-state index contributed by atoms with van der Waals surface area (Å²) in [5, 5.41) is 64.3. The number of carbonyl (C=O) groups excluding carboxylic acids is 1. The Morgan fingerprint density at radius 2 is 1.69 bits per heavy atom. The van der Waals surface area contributed by atoms with Gasteiger partial charge in [0, 0.05) is 38.2 Å². The molecule has 3 saturated heterocycles. The topological polar surface area (TPSA) is 231 Å². The molecule has 3 fully saturated rings. The Hall–Kier alpha value is -2.76. The molecule has 0 radical (unpaired) electrons. The van der Waals surface area contributed by atoms with Crippen LogP contribution in [0.3, 0.4) is 0 Å². The van der Waals surface area contributed by atoms with E-state index in [1.807, 2.05) is 19.1 Å². The summed E-state index contributed by atoms with van der Waals surface area (Å²) in [6.45, 7) is 3.62. The van der Waals surface area contributed by atoms with E-state index in [0.29, 0.717) is 12.8 Å². The molecule has 14 atom stereocenters. The number of cyclic esters (lactones) is 1. The van der Waals surface area contributed by atoms with Crippen molar-refractivity contribution in [2.75, 3.05) is 0 Å². The van der Waals surface area contributed by atoms with Crippen molar-refractivity contribution >= 4 is 11.9 Å². The molecule has 2 bridgehead atoms. The normalized spacial score (nSPS) is 45.8. The Labute approximate surface area is 286 Å². The number of allylic oxidation sites excluding steroid dienone is 6. The van der Waals surface area contributed by atoms with Gasteiger partial charge in [-0.2, -0.15) is 0 Å². The van der Waals surface area contributed by atoms with Crippen molar-refractivity contribution < 1.29 is 63.9 Å². The molecule has 4 rings (SSSR count). The molecule has 14 heteroatoms. The molecule has 0 aromatic heterocycles. The van der Waals surface area contributed by atoms with Crippen LogP contribution >= 0.6 is 0 Å². The molecule has 0 saturated carbocycles. The summed E-state index contributed by atoms with van der Waals surface area (Å²) in [4.78, 5) is 24.7. The standard InChI is InChI=1S/C35H51NO13/c1-3-11-22-12-9-7-5-4-6-8-10-13-23(47-34-32(41)31(40)30(36)20(2)45-34)17-27-29(33(42)43)24(38)19-35(44,49-27)18-21(37)16-26-25(48-26)14-15-28(39)46-22/h4-10,13-15,20-27,29-32,34,37-38,40-41,44H,3,11-12,16-19,36H2,1-2H3,(H,42,43)/b5-4-,8-6-,9-7-,13-10-,15-14-. The van der Waals surface area contributed by atoms with Crippen molar-refractivity contribution in [3.05, 3.63) is 60.8 Å². The lowest BCUT2D eigenvalue weighted by molar-refractivity contribution is -0.308. The van der Waals surface area contributed by atoms with Crippen molar-refractivity contribution in [3.8, 4) is 0 Å². The third-order valence-electron chi connectivity index (χ3n) is 9.10. The van der Waals surface area contributed by atoms with Crippen molar-refractivity contribution in [1.29, 1.82) is 0 Å². The first-order valence-electron chi connectivity index (χ1n) is 16.9. The average Bonchev–Trinajstić information content (AvgIpc) is 3.76. The van der Waals surface area contributed by atoms with Crippen LogP contribution in [0.4, 0.5) is 0 Å². The predicted octanol–water partition coefficient (Wildman–Crippen LogP) is 0.900. The summed E-state index contributed by atoms with van der Waals surface area (Å²) in [7, 11) is 0. The molecule has 274 valence electrons. The fourth-order valence-corrected chi connectivity index (χ4v) is 6.41. The number of nitrogens with two attached hydrogens (primary N) is 1. The van der Waals surface area contributed by atoms with Crippen LogP contribution in [-0.2, 0) is 33.3 Å². The van der Waals surface area contributed by atoms with Crippen LogP contribution < -0.4 is 5.73 Å². The number of fused-ring (bicyclic) bond motifs is 3. The maximum atomic E-state index is 12.4. The third kappa shape index (κ3) is 11.4. The first-order valence-corrected chi connectivity index (χ1v) is 16.9. The van der Waals surface area contributed by atoms with Crippen molar-refractivity contribution in [2.24, 2.45) is 11.7 Å². The fraction of sp³-hybridized carbons (Fsp3) is 0.657. The quantitative estimate of drug-likeness (QED) is 0.157. The molecule has 14 nitrogen and oxygen atoms in total. The lowest BCUT2D eigenvalue weighted by Gasteiger charge is -2.45. The predicted molar refractivity (Wildman–Crippen MR) is 174 cm³/mol. The summed E-state index contributed by atoms with van der Waals surface area (Å²) >= 11 is 0. The van der Waals surface area contributed by atoms with E-state index >= 15 is 0 Å². The zero-order valence-corrected chi connectivity index (χ0v) is 27.8. The van der Waals surface area contributed by atoms with Crippen LogP contribution in [0.15, 0.2) is 60.8 Å². The number of aliphatic carboxylic acids is 1. The number of carboxylic acids is 1. The number of rotatable bonds is 5. The Morgan fingerprint density at radius 3 is 2.41 bits per heavy atom. The van der Waals surface area contributed by atoms with Gasteiger partial charge in [-0.3, -0.25) is 4.79 Å². The van der Waals surface area contributed by atoms with E-state index < -0.39 is 97.3 Å². The highest BCUT2D eigenvalue weighted by Crippen LogP contribution is 2.39. The van der Waals surface area contributed by atoms with Gasteiger partial charge >= 0.3 is 11.9 Å². The number of carbonyl (C=O) groups is 2. The minimum Gasteiger partial charge on any atom is -0.481 e. The Bertz CT molecular complexity index is 1250. The van der Waals surface area contributed by atoms with E-state index in [1.165, 1.54) is 6.08 Å². The number of epoxide rings is 1. The van der Waals surface area contributed by atoms with Gasteiger partial charge in [0.2, 0.25) is 0 Å². The van der Waals surface area contributed by atoms with E-state index in [1.54, 1.807) is 49.5 Å². The number of aliphatic hydroxyl groups excluding tert-OH is 4. The average molecular weight is 694 g/mol. The van der Waals surface area contributed by atoms with Crippen molar-refractivity contribution in [2.45, 2.75) is 138 Å². The van der Waals surface area contributed by atoms with Crippen LogP contribution in [-0.4, -0.2) is 122 Å². The van der Waals surface area contributed by atoms with Gasteiger partial charge in [0.05, 0.1) is 42.7 Å². The minimum atomic E-state index is -2.10. The van der Waals surface area contributed by atoms with Crippen LogP contribution in [0.5, 0.6) is 0 Å². The third-order valence-corrected chi connectivity index (χ3v) is 9.10. The highest BCUT2D eigenvalue weighted by atomic mass is 16.7. The smallest absolute Gasteiger partial charge is 0.330 e. The van der Waals surface area contributed by atoms with E-state index in [4.69, 9.17) is 29.4 Å². The molecule has 4 aliphatic rings. The molecule has 0 amide bonds. The fourth-order valence-electron chi connectivity index (χ4n) is 6.41. The van der Waals surface area contributed by atoms with Crippen molar-refractivity contribution in [1.82, 2.24) is 0 Å². The molecule has 0 aromatic carbocycles. The van der Waals surface area contributed by atoms with E-state index in [0.717, 1.165) is 6.42 Å². The Balaban J connectivity index is 1.59. The summed E-state index contributed by atoms with van der Waals surface area (Å²) in [6, 6.07) is -0.870. The second-order valence-electron chi connectivity index (χ2n) is 13.2. The molecule has 4 heterocycles. The van der Waals surface area contributed by atoms with Gasteiger partial charge in [0.15, 0.2) is 12.1 Å². The number of aliphatic hydroxyl groups is 5. The molecule has 0 aromatic rings. The second kappa shape index (κ2) is 17.9. The summed E-state index contributed by atoms with van der Waals surface area (Å²) in [5.41, 5.74) is 5.92. The molecule has 0 aliphatic carbocycles. The molecule has 49 heavy (non-hydrogen) atoms. The maximum Gasteiger partial charge on any atom is 0.330 e. The molecule has 14 unspecified atom stereocenters. The van der Waals surface area contributed by atoms with Gasteiger partial charge in [-0.05, 0) is 19.4 Å². The van der Waals surface area contributed by atoms with Gasteiger partial charge in [0.25, 0.3) is 0 Å². The first kappa shape index (κ1) is 39.0. The lowest BCUT2D eigenvalue weighted by Crippen LogP contribution is -2.61. The largest absolute Gasteiger partial charge is 0.481 e. The van der Waals surface area contributed by atoms with Gasteiger partial charge < -0.3 is 60.1 Å². The molecule has 4 aliphatic heterocycles. The second-order valence-corrected chi connectivity index (χ2v) is 13.2. The summed E-state index contributed by atoms with van der Waals surface area (Å²) in [6.07, 6.45) is 6.77. The number of hydrogen-bond acceptors (Lipinski definition) is 13. The molecule has 0 spiro atoms. The van der Waals surface area contributed by atoms with Gasteiger partial charge in [-0.1, -0.05) is 62.0 Å². The van der Waals surface area contributed by atoms with E-state index in [9.17, 15) is 40.2 Å². The Morgan fingerprint density at radius 1 is 0.980 bits per heavy atom. The van der Waals surface area contributed by atoms with Gasteiger partial charge in [-0.15, -0.1) is 0 Å². The summed E-state index contributed by atoms with van der Waals surface area (Å²) in [5.74, 6) is -5.43. The molecular weight excluding hydrogens is 642 g/mol. The van der Waals surface area contributed by atoms with Gasteiger partial charge in [-0.25, -0.2) is 4.79 Å². The SMILES string of the molecule is CCCC1C\C=C/C=C\C=C/C=C\C(OC2OC(C)C(N)C(O)C2O)CC2OC(O)(CC(O)CC3OC3/C=C\C(=O)O1)CC(O)C2C(=O)O. The minimum absolute atomic E-state index is 0.0793. The monoisotopic (exact) mass is 693 g/mol. The van der Waals surface area contributed by atoms with Crippen LogP contribution in [0.2, 0.25) is 0 Å².